The molecule has 0 rings (SSSR count). The van der Waals surface area contributed by atoms with Crippen LogP contribution in [0.25, 0.3) is 0 Å². The summed E-state index contributed by atoms with van der Waals surface area (Å²) < 4.78 is 4.11. The van der Waals surface area contributed by atoms with Gasteiger partial charge in [0.05, 0.1) is 7.11 Å². The molecule has 0 aliphatic carbocycles. The molecular weight excluding hydrogens is 148 g/mol. The van der Waals surface area contributed by atoms with Gasteiger partial charge < -0.3 is 9.84 Å². The molecule has 0 fully saturated rings. The van der Waals surface area contributed by atoms with E-state index < -0.39 is 0 Å². The lowest BCUT2D eigenvalue weighted by Gasteiger charge is -1.80. The van der Waals surface area contributed by atoms with Crippen molar-refractivity contribution < 1.29 is 19.4 Å². The normalized spacial score (nSPS) is 7.64. The van der Waals surface area contributed by atoms with Crippen LogP contribution in [0.4, 0.5) is 0 Å². The molecule has 0 saturated heterocycles. The van der Waals surface area contributed by atoms with E-state index >= 15 is 0 Å². The molecule has 66 valence electrons. The molecule has 0 saturated carbocycles. The Morgan fingerprint density at radius 2 is 1.73 bits per heavy atom. The van der Waals surface area contributed by atoms with Crippen molar-refractivity contribution in [2.24, 2.45) is 0 Å². The summed E-state index contributed by atoms with van der Waals surface area (Å²) in [5.74, 6) is -0.206. The van der Waals surface area contributed by atoms with Crippen LogP contribution in [0.15, 0.2) is 0 Å². The summed E-state index contributed by atoms with van der Waals surface area (Å²) in [5.41, 5.74) is 0. The van der Waals surface area contributed by atoms with Crippen LogP contribution >= 0.6 is 0 Å². The third-order valence-electron chi connectivity index (χ3n) is 0.751. The standard InChI is InChI=1S/C4H8O2.C3H6O2/c1-4(6)2-3-5;1-3(4)5-2/h5H,2-3H2,1H3;1-2H3. The SMILES string of the molecule is CC(=O)CCO.COC(C)=O. The number of hydrogen-bond acceptors (Lipinski definition) is 4. The molecule has 0 unspecified atom stereocenters. The summed E-state index contributed by atoms with van der Waals surface area (Å²) in [7, 11) is 1.35. The van der Waals surface area contributed by atoms with E-state index in [1.807, 2.05) is 0 Å². The molecule has 1 N–H and O–H groups in total. The number of hydrogen-bond donors (Lipinski definition) is 1. The molecule has 0 aromatic carbocycles. The summed E-state index contributed by atoms with van der Waals surface area (Å²) in [6, 6.07) is 0. The lowest BCUT2D eigenvalue weighted by Crippen LogP contribution is -1.92. The van der Waals surface area contributed by atoms with Crippen LogP contribution in [0.5, 0.6) is 0 Å². The summed E-state index contributed by atoms with van der Waals surface area (Å²) in [6.07, 6.45) is 0.292. The van der Waals surface area contributed by atoms with E-state index in [1.165, 1.54) is 21.0 Å². The van der Waals surface area contributed by atoms with Crippen LogP contribution in [0.2, 0.25) is 0 Å². The van der Waals surface area contributed by atoms with Crippen molar-refractivity contribution in [2.75, 3.05) is 13.7 Å². The second-order valence-electron chi connectivity index (χ2n) is 1.87. The monoisotopic (exact) mass is 162 g/mol. The van der Waals surface area contributed by atoms with Crippen LogP contribution in [-0.2, 0) is 14.3 Å². The number of carbonyl (C=O) groups is 2. The minimum Gasteiger partial charge on any atom is -0.469 e. The van der Waals surface area contributed by atoms with Gasteiger partial charge in [0.2, 0.25) is 0 Å². The Bertz CT molecular complexity index is 120. The maximum Gasteiger partial charge on any atom is 0.302 e. The minimum absolute atomic E-state index is 0.0185. The van der Waals surface area contributed by atoms with Crippen molar-refractivity contribution in [3.63, 3.8) is 0 Å². The van der Waals surface area contributed by atoms with Gasteiger partial charge in [0.25, 0.3) is 0 Å². The second-order valence-corrected chi connectivity index (χ2v) is 1.87. The molecule has 0 bridgehead atoms. The molecule has 0 heterocycles. The largest absolute Gasteiger partial charge is 0.469 e. The van der Waals surface area contributed by atoms with Gasteiger partial charge in [-0.25, -0.2) is 0 Å². The predicted molar refractivity (Wildman–Crippen MR) is 40.1 cm³/mol. The van der Waals surface area contributed by atoms with E-state index in [1.54, 1.807) is 0 Å². The fraction of sp³-hybridized carbons (Fsp3) is 0.714. The highest BCUT2D eigenvalue weighted by atomic mass is 16.5. The van der Waals surface area contributed by atoms with Gasteiger partial charge in [0.1, 0.15) is 5.78 Å². The topological polar surface area (TPSA) is 63.6 Å². The van der Waals surface area contributed by atoms with E-state index in [0.717, 1.165) is 0 Å². The van der Waals surface area contributed by atoms with Gasteiger partial charge in [-0.1, -0.05) is 0 Å². The first kappa shape index (κ1) is 12.7. The summed E-state index contributed by atoms with van der Waals surface area (Å²) in [6.45, 7) is 2.80. The van der Waals surface area contributed by atoms with Gasteiger partial charge in [0, 0.05) is 20.0 Å². The molecular formula is C7H14O4. The van der Waals surface area contributed by atoms with Gasteiger partial charge >= 0.3 is 5.97 Å². The predicted octanol–water partition coefficient (Wildman–Crippen LogP) is 0.137. The number of Topliss-reactive ketones (excluding diaryl/α,β-unsaturated/α-hetero) is 1. The Balaban J connectivity index is 0. The molecule has 4 heteroatoms. The second kappa shape index (κ2) is 9.10. The van der Waals surface area contributed by atoms with Gasteiger partial charge in [-0.15, -0.1) is 0 Å². The molecule has 0 spiro atoms. The Morgan fingerprint density at radius 3 is 1.73 bits per heavy atom. The average Bonchev–Trinajstić information content (AvgIpc) is 1.89. The van der Waals surface area contributed by atoms with Crippen molar-refractivity contribution in [1.82, 2.24) is 0 Å². The minimum atomic E-state index is -0.245. The Labute approximate surface area is 66.2 Å². The van der Waals surface area contributed by atoms with E-state index in [0.29, 0.717) is 6.42 Å². The maximum absolute atomic E-state index is 9.88. The summed E-state index contributed by atoms with van der Waals surface area (Å²) in [5, 5.41) is 8.02. The number of ether oxygens (including phenoxy) is 1. The Kier molecular flexibility index (Phi) is 10.5. The lowest BCUT2D eigenvalue weighted by molar-refractivity contribution is -0.137. The highest BCUT2D eigenvalue weighted by Gasteiger charge is 1.84. The third-order valence-corrected chi connectivity index (χ3v) is 0.751. The zero-order valence-electron chi connectivity index (χ0n) is 7.09. The van der Waals surface area contributed by atoms with E-state index in [2.05, 4.69) is 4.74 Å². The molecule has 0 amide bonds. The Morgan fingerprint density at radius 1 is 1.36 bits per heavy atom. The maximum atomic E-state index is 9.88. The molecule has 0 aromatic rings. The quantitative estimate of drug-likeness (QED) is 0.586. The highest BCUT2D eigenvalue weighted by Crippen LogP contribution is 1.74. The number of aliphatic hydroxyl groups excluding tert-OH is 1. The van der Waals surface area contributed by atoms with E-state index in [9.17, 15) is 9.59 Å². The van der Waals surface area contributed by atoms with Gasteiger partial charge in [-0.2, -0.15) is 0 Å². The first-order valence-corrected chi connectivity index (χ1v) is 3.19. The summed E-state index contributed by atoms with van der Waals surface area (Å²) in [4.78, 5) is 19.5. The van der Waals surface area contributed by atoms with Crippen molar-refractivity contribution in [2.45, 2.75) is 20.3 Å². The zero-order valence-corrected chi connectivity index (χ0v) is 7.09. The van der Waals surface area contributed by atoms with Crippen LogP contribution in [0, 0.1) is 0 Å². The van der Waals surface area contributed by atoms with Crippen LogP contribution in [0.3, 0.4) is 0 Å². The molecule has 0 radical (unpaired) electrons. The molecule has 0 atom stereocenters. The molecule has 0 aliphatic rings. The first-order valence-electron chi connectivity index (χ1n) is 3.19. The van der Waals surface area contributed by atoms with Gasteiger partial charge in [-0.3, -0.25) is 9.59 Å². The fourth-order valence-electron chi connectivity index (χ4n) is 0.157. The zero-order chi connectivity index (χ0) is 9.28. The highest BCUT2D eigenvalue weighted by molar-refractivity contribution is 5.75. The Hall–Kier alpha value is -0.900. The third kappa shape index (κ3) is 27.3. The van der Waals surface area contributed by atoms with E-state index in [-0.39, 0.29) is 18.4 Å². The number of aliphatic hydroxyl groups is 1. The van der Waals surface area contributed by atoms with Crippen LogP contribution in [-0.4, -0.2) is 30.6 Å². The summed E-state index contributed by atoms with van der Waals surface area (Å²) >= 11 is 0. The molecule has 0 aromatic heterocycles. The van der Waals surface area contributed by atoms with Crippen LogP contribution in [0.1, 0.15) is 20.3 Å². The number of esters is 1. The van der Waals surface area contributed by atoms with Crippen molar-refractivity contribution in [3.05, 3.63) is 0 Å². The first-order chi connectivity index (χ1) is 5.04. The molecule has 4 nitrogen and oxygen atoms in total. The van der Waals surface area contributed by atoms with Crippen LogP contribution < -0.4 is 0 Å². The van der Waals surface area contributed by atoms with Crippen molar-refractivity contribution in [3.8, 4) is 0 Å². The molecule has 11 heavy (non-hydrogen) atoms. The smallest absolute Gasteiger partial charge is 0.302 e. The van der Waals surface area contributed by atoms with E-state index in [4.69, 9.17) is 5.11 Å². The fourth-order valence-corrected chi connectivity index (χ4v) is 0.157. The number of ketones is 1. The van der Waals surface area contributed by atoms with Crippen molar-refractivity contribution >= 4 is 11.8 Å². The van der Waals surface area contributed by atoms with Gasteiger partial charge in [-0.05, 0) is 6.92 Å². The van der Waals surface area contributed by atoms with Crippen molar-refractivity contribution in [1.29, 1.82) is 0 Å². The number of carbonyl (C=O) groups excluding carboxylic acids is 2. The molecule has 0 aliphatic heterocycles. The lowest BCUT2D eigenvalue weighted by atomic mass is 10.3. The number of rotatable bonds is 2. The average molecular weight is 162 g/mol. The van der Waals surface area contributed by atoms with Gasteiger partial charge in [0.15, 0.2) is 0 Å². The number of methoxy groups -OCH3 is 1.